The van der Waals surface area contributed by atoms with E-state index >= 15 is 0 Å². The molecule has 0 saturated carbocycles. The first-order valence-electron chi connectivity index (χ1n) is 11.8. The number of amides is 2. The number of methoxy groups -OCH3 is 1. The van der Waals surface area contributed by atoms with E-state index in [0.717, 1.165) is 21.7 Å². The highest BCUT2D eigenvalue weighted by molar-refractivity contribution is 7.92. The lowest BCUT2D eigenvalue weighted by Gasteiger charge is -2.33. The van der Waals surface area contributed by atoms with Crippen molar-refractivity contribution in [1.29, 1.82) is 0 Å². The molecule has 0 heterocycles. The van der Waals surface area contributed by atoms with Crippen LogP contribution in [0.25, 0.3) is 0 Å². The quantitative estimate of drug-likeness (QED) is 0.441. The Kier molecular flexibility index (Phi) is 10.6. The van der Waals surface area contributed by atoms with Crippen molar-refractivity contribution in [3.63, 3.8) is 0 Å². The second-order valence-electron chi connectivity index (χ2n) is 9.16. The van der Waals surface area contributed by atoms with Gasteiger partial charge >= 0.3 is 0 Å². The summed E-state index contributed by atoms with van der Waals surface area (Å²) in [5, 5.41) is 3.20. The number of nitrogens with zero attached hydrogens (tertiary/aromatic N) is 2. The van der Waals surface area contributed by atoms with Crippen molar-refractivity contribution >= 4 is 39.1 Å². The number of benzene rings is 2. The number of rotatable bonds is 12. The first kappa shape index (κ1) is 29.5. The number of carbonyl (C=O) groups is 2. The number of carbonyl (C=O) groups excluding carboxylic acids is 2. The highest BCUT2D eigenvalue weighted by Crippen LogP contribution is 2.33. The molecule has 1 unspecified atom stereocenters. The Morgan fingerprint density at radius 2 is 1.75 bits per heavy atom. The van der Waals surface area contributed by atoms with E-state index in [1.54, 1.807) is 12.1 Å². The molecule has 1 N–H and O–H groups in total. The van der Waals surface area contributed by atoms with Crippen LogP contribution in [0.15, 0.2) is 42.5 Å². The maximum Gasteiger partial charge on any atom is 0.244 e. The van der Waals surface area contributed by atoms with E-state index in [1.165, 1.54) is 18.1 Å². The van der Waals surface area contributed by atoms with Crippen LogP contribution < -0.4 is 14.4 Å². The Morgan fingerprint density at radius 1 is 1.11 bits per heavy atom. The molecule has 2 amide bonds. The molecule has 2 rings (SSSR count). The molecular formula is C26H36ClN3O5S. The lowest BCUT2D eigenvalue weighted by Crippen LogP contribution is -2.52. The average molecular weight is 538 g/mol. The largest absolute Gasteiger partial charge is 0.495 e. The summed E-state index contributed by atoms with van der Waals surface area (Å²) in [6.45, 7) is 7.85. The number of anilines is 1. The first-order chi connectivity index (χ1) is 16.9. The van der Waals surface area contributed by atoms with Gasteiger partial charge in [0.2, 0.25) is 21.8 Å². The number of sulfonamides is 1. The Labute approximate surface area is 219 Å². The lowest BCUT2D eigenvalue weighted by molar-refractivity contribution is -0.140. The van der Waals surface area contributed by atoms with Crippen LogP contribution >= 0.6 is 11.6 Å². The zero-order chi connectivity index (χ0) is 27.0. The number of hydrogen-bond acceptors (Lipinski definition) is 5. The minimum atomic E-state index is -3.90. The number of ether oxygens (including phenoxy) is 1. The van der Waals surface area contributed by atoms with Gasteiger partial charge in [-0.2, -0.15) is 0 Å². The zero-order valence-corrected chi connectivity index (χ0v) is 23.3. The van der Waals surface area contributed by atoms with Crippen molar-refractivity contribution in [2.24, 2.45) is 5.92 Å². The SMILES string of the molecule is CCC(C(=O)NCC(C)C)N(Cc1ccc(C)cc1)C(=O)CN(c1cc(Cl)ccc1OC)S(C)(=O)=O. The maximum absolute atomic E-state index is 13.7. The van der Waals surface area contributed by atoms with Gasteiger partial charge in [0, 0.05) is 18.1 Å². The van der Waals surface area contributed by atoms with Gasteiger partial charge in [0.25, 0.3) is 0 Å². The van der Waals surface area contributed by atoms with Crippen LogP contribution in [0.3, 0.4) is 0 Å². The van der Waals surface area contributed by atoms with Crippen molar-refractivity contribution in [3.8, 4) is 5.75 Å². The Bertz CT molecular complexity index is 1150. The molecule has 2 aromatic rings. The normalized spacial score (nSPS) is 12.2. The summed E-state index contributed by atoms with van der Waals surface area (Å²) in [6.07, 6.45) is 1.37. The smallest absolute Gasteiger partial charge is 0.244 e. The fraction of sp³-hybridized carbons (Fsp3) is 0.462. The average Bonchev–Trinajstić information content (AvgIpc) is 2.81. The van der Waals surface area contributed by atoms with Crippen molar-refractivity contribution in [2.45, 2.75) is 46.7 Å². The number of nitrogens with one attached hydrogen (secondary N) is 1. The van der Waals surface area contributed by atoms with E-state index in [2.05, 4.69) is 5.32 Å². The van der Waals surface area contributed by atoms with E-state index in [1.807, 2.05) is 52.0 Å². The first-order valence-corrected chi connectivity index (χ1v) is 14.0. The van der Waals surface area contributed by atoms with Crippen LogP contribution in [0.1, 0.15) is 38.3 Å². The van der Waals surface area contributed by atoms with Crippen LogP contribution in [-0.2, 0) is 26.2 Å². The monoisotopic (exact) mass is 537 g/mol. The fourth-order valence-electron chi connectivity index (χ4n) is 3.69. The molecule has 1 atom stereocenters. The number of aryl methyl sites for hydroxylation is 1. The van der Waals surface area contributed by atoms with E-state index < -0.39 is 28.5 Å². The minimum absolute atomic E-state index is 0.147. The Hall–Kier alpha value is -2.78. The second-order valence-corrected chi connectivity index (χ2v) is 11.5. The summed E-state index contributed by atoms with van der Waals surface area (Å²) in [5.74, 6) is -0.305. The molecule has 0 aliphatic rings. The van der Waals surface area contributed by atoms with Gasteiger partial charge in [0.15, 0.2) is 0 Å². The van der Waals surface area contributed by atoms with Crippen molar-refractivity contribution in [1.82, 2.24) is 10.2 Å². The van der Waals surface area contributed by atoms with Crippen LogP contribution in [0.4, 0.5) is 5.69 Å². The zero-order valence-electron chi connectivity index (χ0n) is 21.7. The number of halogens is 1. The summed E-state index contributed by atoms with van der Waals surface area (Å²) >= 11 is 6.14. The van der Waals surface area contributed by atoms with Crippen molar-refractivity contribution < 1.29 is 22.7 Å². The number of hydrogen-bond donors (Lipinski definition) is 1. The molecule has 10 heteroatoms. The highest BCUT2D eigenvalue weighted by Gasteiger charge is 2.32. The Balaban J connectivity index is 2.48. The van der Waals surface area contributed by atoms with Crippen molar-refractivity contribution in [3.05, 3.63) is 58.6 Å². The van der Waals surface area contributed by atoms with Crippen LogP contribution in [-0.4, -0.2) is 57.6 Å². The van der Waals surface area contributed by atoms with Crippen LogP contribution in [0, 0.1) is 12.8 Å². The summed E-state index contributed by atoms with van der Waals surface area (Å²) in [6, 6.07) is 11.4. The summed E-state index contributed by atoms with van der Waals surface area (Å²) < 4.78 is 31.9. The topological polar surface area (TPSA) is 96.0 Å². The van der Waals surface area contributed by atoms with E-state index in [4.69, 9.17) is 16.3 Å². The summed E-state index contributed by atoms with van der Waals surface area (Å²) in [7, 11) is -2.49. The fourth-order valence-corrected chi connectivity index (χ4v) is 4.70. The molecule has 0 saturated heterocycles. The van der Waals surface area contributed by atoms with E-state index in [9.17, 15) is 18.0 Å². The maximum atomic E-state index is 13.7. The molecule has 0 spiro atoms. The van der Waals surface area contributed by atoms with Gasteiger partial charge in [0.05, 0.1) is 19.1 Å². The third-order valence-corrected chi connectivity index (χ3v) is 6.99. The second kappa shape index (κ2) is 13.0. The van der Waals surface area contributed by atoms with E-state index in [-0.39, 0.29) is 29.8 Å². The van der Waals surface area contributed by atoms with Gasteiger partial charge in [-0.3, -0.25) is 13.9 Å². The molecular weight excluding hydrogens is 502 g/mol. The predicted molar refractivity (Wildman–Crippen MR) is 144 cm³/mol. The van der Waals surface area contributed by atoms with Gasteiger partial charge < -0.3 is 15.0 Å². The third-order valence-electron chi connectivity index (χ3n) is 5.63. The molecule has 198 valence electrons. The van der Waals surface area contributed by atoms with Crippen molar-refractivity contribution in [2.75, 3.05) is 30.8 Å². The highest BCUT2D eigenvalue weighted by atomic mass is 35.5. The molecule has 0 aromatic heterocycles. The van der Waals surface area contributed by atoms with Gasteiger partial charge in [-0.1, -0.05) is 62.2 Å². The molecule has 0 fully saturated rings. The molecule has 0 radical (unpaired) electrons. The van der Waals surface area contributed by atoms with E-state index in [0.29, 0.717) is 18.0 Å². The summed E-state index contributed by atoms with van der Waals surface area (Å²) in [5.41, 5.74) is 2.04. The minimum Gasteiger partial charge on any atom is -0.495 e. The molecule has 0 bridgehead atoms. The molecule has 2 aromatic carbocycles. The lowest BCUT2D eigenvalue weighted by atomic mass is 10.1. The molecule has 36 heavy (non-hydrogen) atoms. The molecule has 8 nitrogen and oxygen atoms in total. The van der Waals surface area contributed by atoms with Gasteiger partial charge in [-0.25, -0.2) is 8.42 Å². The molecule has 0 aliphatic heterocycles. The van der Waals surface area contributed by atoms with Gasteiger partial charge in [0.1, 0.15) is 18.3 Å². The molecule has 0 aliphatic carbocycles. The van der Waals surface area contributed by atoms with Crippen LogP contribution in [0.2, 0.25) is 5.02 Å². The standard InChI is InChI=1S/C26H36ClN3O5S/c1-7-22(26(32)28-15-18(2)3)29(16-20-10-8-19(4)9-11-20)25(31)17-30(36(6,33)34)23-14-21(27)12-13-24(23)35-5/h8-14,18,22H,7,15-17H2,1-6H3,(H,28,32). The third kappa shape index (κ3) is 8.13. The predicted octanol–water partition coefficient (Wildman–Crippen LogP) is 4.00. The summed E-state index contributed by atoms with van der Waals surface area (Å²) in [4.78, 5) is 28.3. The van der Waals surface area contributed by atoms with Crippen LogP contribution in [0.5, 0.6) is 5.75 Å². The van der Waals surface area contributed by atoms with Gasteiger partial charge in [-0.05, 0) is 43.0 Å². The Morgan fingerprint density at radius 3 is 2.28 bits per heavy atom. The van der Waals surface area contributed by atoms with Gasteiger partial charge in [-0.15, -0.1) is 0 Å².